The SMILES string of the molecule is C=C/C=C1/C(=C)/C=C\C=C/Cc2cccc(Cc3ccc(-c4ccc(C)cc4)cc3)c21.N=CCCN. The number of rotatable bonds is 6. The van der Waals surface area contributed by atoms with Gasteiger partial charge in [-0.25, -0.2) is 0 Å². The number of nitrogens with one attached hydrogen (secondary N) is 1. The highest BCUT2D eigenvalue weighted by Gasteiger charge is 2.15. The molecule has 182 valence electrons. The summed E-state index contributed by atoms with van der Waals surface area (Å²) in [4.78, 5) is 0. The van der Waals surface area contributed by atoms with Crippen LogP contribution in [0.25, 0.3) is 16.7 Å². The molecule has 1 aliphatic carbocycles. The molecule has 36 heavy (non-hydrogen) atoms. The van der Waals surface area contributed by atoms with Crippen LogP contribution in [0.15, 0.2) is 122 Å². The summed E-state index contributed by atoms with van der Waals surface area (Å²) in [6, 6.07) is 24.3. The fourth-order valence-electron chi connectivity index (χ4n) is 4.18. The molecule has 0 aromatic heterocycles. The molecule has 3 aromatic carbocycles. The Bertz CT molecular complexity index is 1270. The summed E-state index contributed by atoms with van der Waals surface area (Å²) in [5.74, 6) is 0. The van der Waals surface area contributed by atoms with Crippen molar-refractivity contribution in [3.8, 4) is 11.1 Å². The molecule has 2 nitrogen and oxygen atoms in total. The lowest BCUT2D eigenvalue weighted by atomic mass is 9.86. The van der Waals surface area contributed by atoms with E-state index in [9.17, 15) is 0 Å². The van der Waals surface area contributed by atoms with Gasteiger partial charge in [-0.3, -0.25) is 0 Å². The van der Waals surface area contributed by atoms with E-state index in [0.717, 1.165) is 24.0 Å². The van der Waals surface area contributed by atoms with Crippen LogP contribution >= 0.6 is 0 Å². The predicted molar refractivity (Wildman–Crippen MR) is 158 cm³/mol. The van der Waals surface area contributed by atoms with Gasteiger partial charge in [0.25, 0.3) is 0 Å². The molecular weight excluding hydrogens is 436 g/mol. The van der Waals surface area contributed by atoms with Gasteiger partial charge in [0.1, 0.15) is 0 Å². The van der Waals surface area contributed by atoms with Gasteiger partial charge < -0.3 is 11.1 Å². The van der Waals surface area contributed by atoms with Gasteiger partial charge in [0.05, 0.1) is 0 Å². The number of hydrogen-bond donors (Lipinski definition) is 2. The number of fused-ring (bicyclic) bond motifs is 1. The number of hydrogen-bond acceptors (Lipinski definition) is 2. The maximum absolute atomic E-state index is 6.40. The van der Waals surface area contributed by atoms with Crippen molar-refractivity contribution in [1.29, 1.82) is 5.41 Å². The summed E-state index contributed by atoms with van der Waals surface area (Å²) in [5, 5.41) is 6.40. The van der Waals surface area contributed by atoms with Crippen LogP contribution in [-0.4, -0.2) is 12.8 Å². The fraction of sp³-hybridized carbons (Fsp3) is 0.147. The van der Waals surface area contributed by atoms with Gasteiger partial charge in [-0.2, -0.15) is 0 Å². The Kier molecular flexibility index (Phi) is 10.2. The Balaban J connectivity index is 0.000000658. The van der Waals surface area contributed by atoms with Crippen LogP contribution in [0.2, 0.25) is 0 Å². The van der Waals surface area contributed by atoms with E-state index in [0.29, 0.717) is 13.0 Å². The normalized spacial score (nSPS) is 15.4. The van der Waals surface area contributed by atoms with Gasteiger partial charge in [-0.15, -0.1) is 0 Å². The second kappa shape index (κ2) is 13.8. The van der Waals surface area contributed by atoms with E-state index in [4.69, 9.17) is 11.1 Å². The van der Waals surface area contributed by atoms with E-state index >= 15 is 0 Å². The third kappa shape index (κ3) is 7.24. The third-order valence-electron chi connectivity index (χ3n) is 6.06. The van der Waals surface area contributed by atoms with Gasteiger partial charge >= 0.3 is 0 Å². The summed E-state index contributed by atoms with van der Waals surface area (Å²) in [5.41, 5.74) is 16.2. The molecule has 0 spiro atoms. The van der Waals surface area contributed by atoms with Gasteiger partial charge in [0, 0.05) is 0 Å². The average molecular weight is 473 g/mol. The minimum Gasteiger partial charge on any atom is -0.330 e. The first-order valence-electron chi connectivity index (χ1n) is 12.4. The van der Waals surface area contributed by atoms with E-state index < -0.39 is 0 Å². The van der Waals surface area contributed by atoms with Crippen LogP contribution in [0.1, 0.15) is 34.2 Å². The largest absolute Gasteiger partial charge is 0.330 e. The number of nitrogens with two attached hydrogens (primary N) is 1. The highest BCUT2D eigenvalue weighted by Crippen LogP contribution is 2.32. The topological polar surface area (TPSA) is 49.9 Å². The average Bonchev–Trinajstić information content (AvgIpc) is 2.96. The Morgan fingerprint density at radius 2 is 1.64 bits per heavy atom. The van der Waals surface area contributed by atoms with Crippen LogP contribution in [-0.2, 0) is 12.8 Å². The molecule has 0 amide bonds. The fourth-order valence-corrected chi connectivity index (χ4v) is 4.18. The van der Waals surface area contributed by atoms with Crippen molar-refractivity contribution in [3.05, 3.63) is 150 Å². The van der Waals surface area contributed by atoms with Crippen LogP contribution in [0.4, 0.5) is 0 Å². The summed E-state index contributed by atoms with van der Waals surface area (Å²) in [6.45, 7) is 11.0. The van der Waals surface area contributed by atoms with Crippen molar-refractivity contribution in [2.45, 2.75) is 26.2 Å². The number of allylic oxidation sites excluding steroid dienone is 8. The maximum atomic E-state index is 6.40. The zero-order valence-electron chi connectivity index (χ0n) is 21.2. The second-order valence-corrected chi connectivity index (χ2v) is 8.81. The van der Waals surface area contributed by atoms with Crippen LogP contribution in [0.5, 0.6) is 0 Å². The van der Waals surface area contributed by atoms with Gasteiger partial charge in [0.15, 0.2) is 0 Å². The lowest BCUT2D eigenvalue weighted by Gasteiger charge is -2.18. The monoisotopic (exact) mass is 472 g/mol. The van der Waals surface area contributed by atoms with Crippen LogP contribution in [0, 0.1) is 12.3 Å². The minimum atomic E-state index is 0.601. The predicted octanol–water partition coefficient (Wildman–Crippen LogP) is 8.03. The smallest absolute Gasteiger partial charge is 0.00195 e. The van der Waals surface area contributed by atoms with E-state index in [1.165, 1.54) is 45.2 Å². The van der Waals surface area contributed by atoms with E-state index in [2.05, 4.69) is 117 Å². The first-order valence-corrected chi connectivity index (χ1v) is 12.4. The molecule has 0 aliphatic heterocycles. The summed E-state index contributed by atoms with van der Waals surface area (Å²) in [7, 11) is 0. The zero-order valence-corrected chi connectivity index (χ0v) is 21.2. The van der Waals surface area contributed by atoms with Crippen LogP contribution in [0.3, 0.4) is 0 Å². The Morgan fingerprint density at radius 1 is 0.944 bits per heavy atom. The Labute approximate surface area is 216 Å². The zero-order chi connectivity index (χ0) is 25.8. The molecule has 0 saturated carbocycles. The Hall–Kier alpha value is -4.01. The standard InChI is InChI=1S/C31H28.C3H8N2/c1-4-9-30-24(3)10-6-5-7-11-28-12-8-13-29(31(28)30)22-25-16-20-27(21-17-25)26-18-14-23(2)15-19-26;4-2-1-3-5/h4-10,12-21H,1,3,11,22H2,2H3;2,4H,1,3,5H2/b7-5-,10-6-,30-9-;. The highest BCUT2D eigenvalue weighted by atomic mass is 14.5. The van der Waals surface area contributed by atoms with Gasteiger partial charge in [-0.05, 0) is 83.5 Å². The minimum absolute atomic E-state index is 0.601. The molecule has 0 saturated heterocycles. The molecule has 0 bridgehead atoms. The number of aryl methyl sites for hydroxylation is 1. The molecule has 1 aliphatic rings. The second-order valence-electron chi connectivity index (χ2n) is 8.81. The quantitative estimate of drug-likeness (QED) is 0.351. The first-order chi connectivity index (χ1) is 17.6. The van der Waals surface area contributed by atoms with E-state index in [-0.39, 0.29) is 0 Å². The van der Waals surface area contributed by atoms with Crippen molar-refractivity contribution in [3.63, 3.8) is 0 Å². The maximum Gasteiger partial charge on any atom is -0.00195 e. The summed E-state index contributed by atoms with van der Waals surface area (Å²) in [6.07, 6.45) is 16.2. The highest BCUT2D eigenvalue weighted by molar-refractivity contribution is 5.85. The van der Waals surface area contributed by atoms with E-state index in [1.54, 1.807) is 0 Å². The molecule has 0 unspecified atom stereocenters. The van der Waals surface area contributed by atoms with Crippen molar-refractivity contribution in [2.24, 2.45) is 5.73 Å². The Morgan fingerprint density at radius 3 is 2.25 bits per heavy atom. The number of benzene rings is 3. The van der Waals surface area contributed by atoms with Crippen molar-refractivity contribution < 1.29 is 0 Å². The van der Waals surface area contributed by atoms with Crippen molar-refractivity contribution >= 4 is 11.8 Å². The molecule has 0 fully saturated rings. The molecular formula is C34H36N2. The van der Waals surface area contributed by atoms with Gasteiger partial charge in [-0.1, -0.05) is 122 Å². The molecule has 2 heteroatoms. The lowest BCUT2D eigenvalue weighted by Crippen LogP contribution is -2.01. The molecule has 0 atom stereocenters. The third-order valence-corrected chi connectivity index (χ3v) is 6.06. The molecule has 3 N–H and O–H groups in total. The van der Waals surface area contributed by atoms with Crippen LogP contribution < -0.4 is 5.73 Å². The molecule has 0 heterocycles. The summed E-state index contributed by atoms with van der Waals surface area (Å²) < 4.78 is 0. The van der Waals surface area contributed by atoms with E-state index in [1.807, 2.05) is 6.08 Å². The molecule has 3 aromatic rings. The molecule has 0 radical (unpaired) electrons. The molecule has 4 rings (SSSR count). The van der Waals surface area contributed by atoms with Gasteiger partial charge in [0.2, 0.25) is 0 Å². The summed E-state index contributed by atoms with van der Waals surface area (Å²) >= 11 is 0. The lowest BCUT2D eigenvalue weighted by molar-refractivity contribution is 1.05. The van der Waals surface area contributed by atoms with Crippen molar-refractivity contribution in [2.75, 3.05) is 6.54 Å². The first kappa shape index (κ1) is 26.6. The van der Waals surface area contributed by atoms with Crippen molar-refractivity contribution in [1.82, 2.24) is 0 Å².